The van der Waals surface area contributed by atoms with Crippen LogP contribution in [0.25, 0.3) is 11.1 Å². The van der Waals surface area contributed by atoms with Crippen LogP contribution in [0.1, 0.15) is 11.5 Å². The second kappa shape index (κ2) is 4.13. The van der Waals surface area contributed by atoms with E-state index in [1.807, 2.05) is 0 Å². The van der Waals surface area contributed by atoms with Crippen molar-refractivity contribution in [2.75, 3.05) is 5.32 Å². The Morgan fingerprint density at radius 2 is 1.47 bits per heavy atom. The van der Waals surface area contributed by atoms with E-state index in [4.69, 9.17) is 0 Å². The van der Waals surface area contributed by atoms with Gasteiger partial charge in [-0.05, 0) is 17.2 Å². The molecular weight excluding hydrogens is 230 g/mol. The Morgan fingerprint density at radius 3 is 2.42 bits per heavy atom. The molecule has 0 saturated heterocycles. The van der Waals surface area contributed by atoms with Gasteiger partial charge in [-0.1, -0.05) is 66.8 Å². The Bertz CT molecular complexity index is 682. The fourth-order valence-electron chi connectivity index (χ4n) is 3.10. The van der Waals surface area contributed by atoms with Crippen molar-refractivity contribution in [2.45, 2.75) is 12.0 Å². The third kappa shape index (κ3) is 1.62. The number of nitrogens with one attached hydrogen (secondary N) is 1. The summed E-state index contributed by atoms with van der Waals surface area (Å²) in [4.78, 5) is 0. The molecule has 0 radical (unpaired) electrons. The Hall–Kier alpha value is -2.28. The largest absolute Gasteiger partial charge is 0.377 e. The first-order valence-electron chi connectivity index (χ1n) is 6.73. The Labute approximate surface area is 113 Å². The van der Waals surface area contributed by atoms with Crippen LogP contribution in [0.15, 0.2) is 72.8 Å². The zero-order valence-corrected chi connectivity index (χ0v) is 10.6. The molecule has 2 aliphatic rings. The van der Waals surface area contributed by atoms with E-state index in [-0.39, 0.29) is 0 Å². The minimum Gasteiger partial charge on any atom is -0.377 e. The highest BCUT2D eigenvalue weighted by Crippen LogP contribution is 2.41. The van der Waals surface area contributed by atoms with E-state index in [0.717, 1.165) is 0 Å². The summed E-state index contributed by atoms with van der Waals surface area (Å²) >= 11 is 0. The lowest BCUT2D eigenvalue weighted by Gasteiger charge is -2.24. The quantitative estimate of drug-likeness (QED) is 0.727. The molecule has 0 spiro atoms. The minimum atomic E-state index is 0.342. The Kier molecular flexibility index (Phi) is 2.31. The molecule has 0 saturated carbocycles. The van der Waals surface area contributed by atoms with Crippen molar-refractivity contribution >= 4 is 5.69 Å². The molecule has 2 atom stereocenters. The van der Waals surface area contributed by atoms with Crippen molar-refractivity contribution in [2.24, 2.45) is 0 Å². The van der Waals surface area contributed by atoms with Gasteiger partial charge in [-0.25, -0.2) is 0 Å². The molecular formula is C18H15N. The molecule has 1 aliphatic heterocycles. The van der Waals surface area contributed by atoms with E-state index in [1.165, 1.54) is 22.4 Å². The topological polar surface area (TPSA) is 12.0 Å². The zero-order chi connectivity index (χ0) is 12.7. The summed E-state index contributed by atoms with van der Waals surface area (Å²) in [6.07, 6.45) is 8.83. The number of hydrogen-bond donors (Lipinski definition) is 1. The summed E-state index contributed by atoms with van der Waals surface area (Å²) in [5.41, 5.74) is 5.28. The number of allylic oxidation sites excluding steroid dienone is 2. The summed E-state index contributed by atoms with van der Waals surface area (Å²) < 4.78 is 0. The Morgan fingerprint density at radius 1 is 0.737 bits per heavy atom. The molecule has 1 heterocycles. The van der Waals surface area contributed by atoms with Gasteiger partial charge >= 0.3 is 0 Å². The summed E-state index contributed by atoms with van der Waals surface area (Å²) in [5, 5.41) is 3.67. The van der Waals surface area contributed by atoms with E-state index in [0.29, 0.717) is 12.0 Å². The highest BCUT2D eigenvalue weighted by molar-refractivity contribution is 5.82. The van der Waals surface area contributed by atoms with Crippen molar-refractivity contribution in [1.82, 2.24) is 0 Å². The van der Waals surface area contributed by atoms with Crippen molar-refractivity contribution in [1.29, 1.82) is 0 Å². The highest BCUT2D eigenvalue weighted by Gasteiger charge is 2.27. The minimum absolute atomic E-state index is 0.342. The summed E-state index contributed by atoms with van der Waals surface area (Å²) in [6.45, 7) is 0. The summed E-state index contributed by atoms with van der Waals surface area (Å²) in [6, 6.07) is 17.6. The van der Waals surface area contributed by atoms with Gasteiger partial charge in [0.2, 0.25) is 0 Å². The molecule has 0 aromatic heterocycles. The van der Waals surface area contributed by atoms with Gasteiger partial charge in [-0.15, -0.1) is 0 Å². The van der Waals surface area contributed by atoms with Gasteiger partial charge in [0.15, 0.2) is 0 Å². The van der Waals surface area contributed by atoms with E-state index >= 15 is 0 Å². The van der Waals surface area contributed by atoms with E-state index in [9.17, 15) is 0 Å². The molecule has 1 N–H and O–H groups in total. The van der Waals surface area contributed by atoms with Crippen molar-refractivity contribution in [3.05, 3.63) is 78.4 Å². The number of benzene rings is 2. The molecule has 0 amide bonds. The predicted octanol–water partition coefficient (Wildman–Crippen LogP) is 4.36. The van der Waals surface area contributed by atoms with Crippen molar-refractivity contribution < 1.29 is 0 Å². The van der Waals surface area contributed by atoms with Crippen LogP contribution < -0.4 is 5.32 Å². The Balaban J connectivity index is 2.01. The predicted molar refractivity (Wildman–Crippen MR) is 80.3 cm³/mol. The molecule has 0 bridgehead atoms. The first-order chi connectivity index (χ1) is 9.43. The number of anilines is 1. The number of fused-ring (bicyclic) bond motifs is 5. The van der Waals surface area contributed by atoms with E-state index in [1.54, 1.807) is 0 Å². The first kappa shape index (κ1) is 10.6. The lowest BCUT2D eigenvalue weighted by atomic mass is 9.85. The van der Waals surface area contributed by atoms with Crippen molar-refractivity contribution in [3.63, 3.8) is 0 Å². The maximum Gasteiger partial charge on any atom is 0.0551 e. The molecule has 4 rings (SSSR count). The molecule has 19 heavy (non-hydrogen) atoms. The molecule has 92 valence electrons. The lowest BCUT2D eigenvalue weighted by Crippen LogP contribution is -2.24. The average Bonchev–Trinajstić information content (AvgIpc) is 2.62. The van der Waals surface area contributed by atoms with Crippen LogP contribution in [0.5, 0.6) is 0 Å². The highest BCUT2D eigenvalue weighted by atomic mass is 14.9. The fourth-order valence-corrected chi connectivity index (χ4v) is 3.10. The van der Waals surface area contributed by atoms with Gasteiger partial charge in [0.05, 0.1) is 6.04 Å². The van der Waals surface area contributed by atoms with Crippen molar-refractivity contribution in [3.8, 4) is 11.1 Å². The first-order valence-corrected chi connectivity index (χ1v) is 6.73. The van der Waals surface area contributed by atoms with Crippen LogP contribution in [-0.2, 0) is 0 Å². The monoisotopic (exact) mass is 245 g/mol. The smallest absolute Gasteiger partial charge is 0.0551 e. The molecule has 1 aliphatic carbocycles. The van der Waals surface area contributed by atoms with Gasteiger partial charge in [0.1, 0.15) is 0 Å². The van der Waals surface area contributed by atoms with Gasteiger partial charge in [-0.2, -0.15) is 0 Å². The zero-order valence-electron chi connectivity index (χ0n) is 10.6. The average molecular weight is 245 g/mol. The molecule has 2 unspecified atom stereocenters. The molecule has 2 aromatic rings. The maximum absolute atomic E-state index is 3.67. The standard InChI is InChI=1S/C18H15N/c1-2-8-14-13(7-1)15-9-3-5-11-17(15)19-18-12-6-4-10-16(14)18/h1-12,15,17,19H. The summed E-state index contributed by atoms with van der Waals surface area (Å²) in [5.74, 6) is 0.411. The number of rotatable bonds is 0. The summed E-state index contributed by atoms with van der Waals surface area (Å²) in [7, 11) is 0. The van der Waals surface area contributed by atoms with Gasteiger partial charge < -0.3 is 5.32 Å². The molecule has 1 heteroatoms. The van der Waals surface area contributed by atoms with Gasteiger partial charge in [-0.3, -0.25) is 0 Å². The van der Waals surface area contributed by atoms with E-state index in [2.05, 4.69) is 78.2 Å². The van der Waals surface area contributed by atoms with Crippen LogP contribution >= 0.6 is 0 Å². The number of para-hydroxylation sites is 1. The van der Waals surface area contributed by atoms with Crippen LogP contribution in [0, 0.1) is 0 Å². The maximum atomic E-state index is 3.67. The molecule has 0 fully saturated rings. The SMILES string of the molecule is C1=CC2Nc3ccccc3-c3ccccc3C2C=C1. The van der Waals surface area contributed by atoms with Gasteiger partial charge in [0.25, 0.3) is 0 Å². The van der Waals surface area contributed by atoms with Crippen LogP contribution in [0.3, 0.4) is 0 Å². The lowest BCUT2D eigenvalue weighted by molar-refractivity contribution is 0.763. The second-order valence-corrected chi connectivity index (χ2v) is 5.10. The van der Waals surface area contributed by atoms with Crippen LogP contribution in [-0.4, -0.2) is 6.04 Å². The fraction of sp³-hybridized carbons (Fsp3) is 0.111. The molecule has 2 aromatic carbocycles. The normalized spacial score (nSPS) is 22.7. The van der Waals surface area contributed by atoms with Crippen LogP contribution in [0.4, 0.5) is 5.69 Å². The second-order valence-electron chi connectivity index (χ2n) is 5.10. The van der Waals surface area contributed by atoms with Crippen LogP contribution in [0.2, 0.25) is 0 Å². The third-order valence-corrected chi connectivity index (χ3v) is 3.99. The molecule has 1 nitrogen and oxygen atoms in total. The number of hydrogen-bond acceptors (Lipinski definition) is 1. The third-order valence-electron chi connectivity index (χ3n) is 3.99. The van der Waals surface area contributed by atoms with E-state index < -0.39 is 0 Å². The van der Waals surface area contributed by atoms with Gasteiger partial charge in [0, 0.05) is 17.2 Å².